The Labute approximate surface area is 137 Å². The van der Waals surface area contributed by atoms with E-state index in [2.05, 4.69) is 38.0 Å². The zero-order chi connectivity index (χ0) is 15.9. The predicted molar refractivity (Wildman–Crippen MR) is 89.2 cm³/mol. The highest BCUT2D eigenvalue weighted by molar-refractivity contribution is 5.37. The van der Waals surface area contributed by atoms with Crippen LogP contribution in [-0.2, 0) is 20.0 Å². The van der Waals surface area contributed by atoms with Crippen LogP contribution in [-0.4, -0.2) is 50.8 Å². The number of anilines is 1. The maximum Gasteiger partial charge on any atom is 0.225 e. The number of hydrogen-bond donors (Lipinski definition) is 0. The summed E-state index contributed by atoms with van der Waals surface area (Å²) in [6.07, 6.45) is 10.3. The third-order valence-electron chi connectivity index (χ3n) is 5.12. The smallest absolute Gasteiger partial charge is 0.225 e. The van der Waals surface area contributed by atoms with Crippen LogP contribution in [0, 0.1) is 5.41 Å². The highest BCUT2D eigenvalue weighted by atomic mass is 15.3. The van der Waals surface area contributed by atoms with Crippen molar-refractivity contribution >= 4 is 5.95 Å². The second-order valence-electron chi connectivity index (χ2n) is 7.08. The molecule has 2 aromatic rings. The molecule has 2 aliphatic heterocycles. The zero-order valence-corrected chi connectivity index (χ0v) is 13.9. The summed E-state index contributed by atoms with van der Waals surface area (Å²) in [5, 5.41) is 4.26. The first kappa shape index (κ1) is 14.6. The van der Waals surface area contributed by atoms with E-state index in [4.69, 9.17) is 0 Å². The van der Waals surface area contributed by atoms with Gasteiger partial charge in [0, 0.05) is 62.8 Å². The molecule has 2 aliphatic rings. The van der Waals surface area contributed by atoms with Gasteiger partial charge in [-0.25, -0.2) is 9.97 Å². The maximum atomic E-state index is 4.51. The topological polar surface area (TPSA) is 50.1 Å². The SMILES string of the molecule is CCc1cnc(N2CC3(CCN(Cc4cnn(C)c4)C3)C2)nc1. The van der Waals surface area contributed by atoms with Crippen LogP contribution in [0.5, 0.6) is 0 Å². The summed E-state index contributed by atoms with van der Waals surface area (Å²) in [4.78, 5) is 13.9. The molecular weight excluding hydrogens is 288 g/mol. The van der Waals surface area contributed by atoms with Crippen LogP contribution >= 0.6 is 0 Å². The fraction of sp³-hybridized carbons (Fsp3) is 0.588. The van der Waals surface area contributed by atoms with E-state index in [1.165, 1.54) is 30.6 Å². The Morgan fingerprint density at radius 2 is 1.87 bits per heavy atom. The second-order valence-corrected chi connectivity index (χ2v) is 7.08. The van der Waals surface area contributed by atoms with E-state index < -0.39 is 0 Å². The summed E-state index contributed by atoms with van der Waals surface area (Å²) >= 11 is 0. The van der Waals surface area contributed by atoms with Crippen molar-refractivity contribution in [3.05, 3.63) is 35.9 Å². The molecular formula is C17H24N6. The minimum atomic E-state index is 0.439. The van der Waals surface area contributed by atoms with Crippen LogP contribution in [0.1, 0.15) is 24.5 Å². The first-order valence-electron chi connectivity index (χ1n) is 8.42. The van der Waals surface area contributed by atoms with Crippen molar-refractivity contribution in [1.82, 2.24) is 24.6 Å². The molecule has 1 spiro atoms. The van der Waals surface area contributed by atoms with E-state index in [1.54, 1.807) is 0 Å². The van der Waals surface area contributed by atoms with Crippen molar-refractivity contribution in [2.75, 3.05) is 31.1 Å². The summed E-state index contributed by atoms with van der Waals surface area (Å²) in [7, 11) is 1.97. The number of rotatable bonds is 4. The van der Waals surface area contributed by atoms with Crippen LogP contribution in [0.4, 0.5) is 5.95 Å². The Balaban J connectivity index is 1.33. The van der Waals surface area contributed by atoms with E-state index >= 15 is 0 Å². The van der Waals surface area contributed by atoms with Gasteiger partial charge in [-0.1, -0.05) is 6.92 Å². The van der Waals surface area contributed by atoms with Crippen molar-refractivity contribution in [1.29, 1.82) is 0 Å². The van der Waals surface area contributed by atoms with Gasteiger partial charge in [-0.2, -0.15) is 5.10 Å². The fourth-order valence-corrected chi connectivity index (χ4v) is 3.83. The molecule has 0 atom stereocenters. The van der Waals surface area contributed by atoms with Gasteiger partial charge in [0.15, 0.2) is 0 Å². The second kappa shape index (κ2) is 5.60. The van der Waals surface area contributed by atoms with Crippen molar-refractivity contribution < 1.29 is 0 Å². The number of aromatic nitrogens is 4. The summed E-state index contributed by atoms with van der Waals surface area (Å²) in [5.74, 6) is 0.888. The third kappa shape index (κ3) is 2.83. The molecule has 0 bridgehead atoms. The van der Waals surface area contributed by atoms with Gasteiger partial charge in [0.1, 0.15) is 0 Å². The van der Waals surface area contributed by atoms with Crippen molar-refractivity contribution in [2.24, 2.45) is 12.5 Å². The molecule has 0 unspecified atom stereocenters. The van der Waals surface area contributed by atoms with Crippen molar-refractivity contribution in [2.45, 2.75) is 26.3 Å². The van der Waals surface area contributed by atoms with Gasteiger partial charge >= 0.3 is 0 Å². The monoisotopic (exact) mass is 312 g/mol. The first-order chi connectivity index (χ1) is 11.2. The summed E-state index contributed by atoms with van der Waals surface area (Å²) in [5.41, 5.74) is 2.95. The number of hydrogen-bond acceptors (Lipinski definition) is 5. The van der Waals surface area contributed by atoms with Gasteiger partial charge in [0.2, 0.25) is 5.95 Å². The Morgan fingerprint density at radius 3 is 2.52 bits per heavy atom. The molecule has 23 heavy (non-hydrogen) atoms. The number of likely N-dealkylation sites (tertiary alicyclic amines) is 1. The molecule has 0 aliphatic carbocycles. The van der Waals surface area contributed by atoms with Crippen LogP contribution in [0.3, 0.4) is 0 Å². The van der Waals surface area contributed by atoms with E-state index in [0.717, 1.165) is 32.0 Å². The molecule has 2 saturated heterocycles. The highest BCUT2D eigenvalue weighted by Crippen LogP contribution is 2.41. The number of aryl methyl sites for hydroxylation is 2. The fourth-order valence-electron chi connectivity index (χ4n) is 3.83. The van der Waals surface area contributed by atoms with E-state index in [1.807, 2.05) is 30.3 Å². The van der Waals surface area contributed by atoms with Gasteiger partial charge in [-0.15, -0.1) is 0 Å². The lowest BCUT2D eigenvalue weighted by atomic mass is 9.79. The molecule has 2 aromatic heterocycles. The van der Waals surface area contributed by atoms with Crippen LogP contribution in [0.25, 0.3) is 0 Å². The van der Waals surface area contributed by atoms with Gasteiger partial charge in [0.25, 0.3) is 0 Å². The molecule has 4 heterocycles. The lowest BCUT2D eigenvalue weighted by Crippen LogP contribution is -2.58. The Hall–Kier alpha value is -1.95. The van der Waals surface area contributed by atoms with Crippen molar-refractivity contribution in [3.63, 3.8) is 0 Å². The van der Waals surface area contributed by atoms with E-state index in [9.17, 15) is 0 Å². The van der Waals surface area contributed by atoms with Gasteiger partial charge in [-0.3, -0.25) is 9.58 Å². The zero-order valence-electron chi connectivity index (χ0n) is 13.9. The molecule has 0 N–H and O–H groups in total. The summed E-state index contributed by atoms with van der Waals surface area (Å²) < 4.78 is 1.88. The van der Waals surface area contributed by atoms with Crippen molar-refractivity contribution in [3.8, 4) is 0 Å². The Morgan fingerprint density at radius 1 is 1.09 bits per heavy atom. The van der Waals surface area contributed by atoms with Gasteiger partial charge in [0.05, 0.1) is 6.20 Å². The van der Waals surface area contributed by atoms with Crippen LogP contribution in [0.2, 0.25) is 0 Å². The lowest BCUT2D eigenvalue weighted by Gasteiger charge is -2.48. The average molecular weight is 312 g/mol. The van der Waals surface area contributed by atoms with Crippen LogP contribution in [0.15, 0.2) is 24.8 Å². The first-order valence-corrected chi connectivity index (χ1v) is 8.42. The third-order valence-corrected chi connectivity index (χ3v) is 5.12. The molecule has 122 valence electrons. The Kier molecular flexibility index (Phi) is 3.56. The molecule has 6 nitrogen and oxygen atoms in total. The molecule has 4 rings (SSSR count). The van der Waals surface area contributed by atoms with Gasteiger partial charge in [-0.05, 0) is 24.9 Å². The average Bonchev–Trinajstić information content (AvgIpc) is 3.13. The maximum absolute atomic E-state index is 4.51. The summed E-state index contributed by atoms with van der Waals surface area (Å²) in [6, 6.07) is 0. The van der Waals surface area contributed by atoms with E-state index in [0.29, 0.717) is 5.41 Å². The normalized spacial score (nSPS) is 20.2. The lowest BCUT2D eigenvalue weighted by molar-refractivity contribution is 0.200. The minimum absolute atomic E-state index is 0.439. The highest BCUT2D eigenvalue weighted by Gasteiger charge is 2.48. The molecule has 0 radical (unpaired) electrons. The van der Waals surface area contributed by atoms with E-state index in [-0.39, 0.29) is 0 Å². The Bertz CT molecular complexity index is 671. The quantitative estimate of drug-likeness (QED) is 0.856. The standard InChI is InChI=1S/C17H24N6/c1-3-14-6-18-16(19-7-14)23-12-17(13-23)4-5-22(11-17)10-15-8-20-21(2)9-15/h6-9H,3-5,10-13H2,1-2H3. The number of nitrogens with zero attached hydrogens (tertiary/aromatic N) is 6. The molecule has 0 saturated carbocycles. The van der Waals surface area contributed by atoms with Crippen LogP contribution < -0.4 is 4.90 Å². The molecule has 6 heteroatoms. The molecule has 0 aromatic carbocycles. The molecule has 0 amide bonds. The summed E-state index contributed by atoms with van der Waals surface area (Å²) in [6.45, 7) is 7.66. The predicted octanol–water partition coefficient (Wildman–Crippen LogP) is 1.48. The molecule has 2 fully saturated rings. The minimum Gasteiger partial charge on any atom is -0.339 e. The van der Waals surface area contributed by atoms with Gasteiger partial charge < -0.3 is 4.90 Å². The largest absolute Gasteiger partial charge is 0.339 e.